The van der Waals surface area contributed by atoms with E-state index in [4.69, 9.17) is 4.42 Å². The average molecular weight is 274 g/mol. The molecule has 0 spiro atoms. The van der Waals surface area contributed by atoms with Gasteiger partial charge in [-0.2, -0.15) is 0 Å². The summed E-state index contributed by atoms with van der Waals surface area (Å²) in [4.78, 5) is 16.2. The summed E-state index contributed by atoms with van der Waals surface area (Å²) in [5, 5.41) is 12.8. The van der Waals surface area contributed by atoms with Gasteiger partial charge < -0.3 is 14.8 Å². The van der Waals surface area contributed by atoms with Crippen molar-refractivity contribution in [3.8, 4) is 0 Å². The van der Waals surface area contributed by atoms with Crippen LogP contribution in [-0.4, -0.2) is 22.0 Å². The molecule has 2 rings (SSSR count). The van der Waals surface area contributed by atoms with Crippen LogP contribution in [0.2, 0.25) is 0 Å². The molecule has 5 nitrogen and oxygen atoms in total. The van der Waals surface area contributed by atoms with E-state index in [1.54, 1.807) is 24.3 Å². The van der Waals surface area contributed by atoms with Gasteiger partial charge in [0.1, 0.15) is 17.6 Å². The molecule has 0 bridgehead atoms. The molecule has 106 valence electrons. The lowest BCUT2D eigenvalue weighted by Gasteiger charge is -2.16. The highest BCUT2D eigenvalue weighted by molar-refractivity contribution is 5.92. The van der Waals surface area contributed by atoms with Crippen LogP contribution in [0.5, 0.6) is 0 Å². The first-order chi connectivity index (χ1) is 9.56. The Hall–Kier alpha value is -2.14. The quantitative estimate of drug-likeness (QED) is 0.876. The minimum Gasteiger partial charge on any atom is -0.467 e. The highest BCUT2D eigenvalue weighted by Crippen LogP contribution is 2.18. The van der Waals surface area contributed by atoms with Gasteiger partial charge in [0.05, 0.1) is 6.26 Å². The van der Waals surface area contributed by atoms with Gasteiger partial charge >= 0.3 is 0 Å². The van der Waals surface area contributed by atoms with Gasteiger partial charge in [0.25, 0.3) is 5.91 Å². The van der Waals surface area contributed by atoms with Crippen LogP contribution in [0.4, 0.5) is 0 Å². The molecule has 0 saturated carbocycles. The summed E-state index contributed by atoms with van der Waals surface area (Å²) in [7, 11) is 0. The first kappa shape index (κ1) is 14.3. The molecule has 2 heterocycles. The highest BCUT2D eigenvalue weighted by atomic mass is 16.4. The number of aryl methyl sites for hydroxylation is 1. The second-order valence-electron chi connectivity index (χ2n) is 4.81. The zero-order chi connectivity index (χ0) is 14.5. The van der Waals surface area contributed by atoms with E-state index in [0.29, 0.717) is 17.9 Å². The van der Waals surface area contributed by atoms with Crippen molar-refractivity contribution in [3.05, 3.63) is 53.7 Å². The zero-order valence-electron chi connectivity index (χ0n) is 11.5. The van der Waals surface area contributed by atoms with E-state index in [-0.39, 0.29) is 11.9 Å². The summed E-state index contributed by atoms with van der Waals surface area (Å²) in [6.07, 6.45) is 1.16. The van der Waals surface area contributed by atoms with Crippen LogP contribution in [0.3, 0.4) is 0 Å². The molecule has 2 atom stereocenters. The molecule has 0 fully saturated rings. The summed E-state index contributed by atoms with van der Waals surface area (Å²) >= 11 is 0. The Morgan fingerprint density at radius 3 is 2.85 bits per heavy atom. The van der Waals surface area contributed by atoms with Crippen LogP contribution in [0.15, 0.2) is 41.0 Å². The van der Waals surface area contributed by atoms with Crippen LogP contribution < -0.4 is 5.32 Å². The molecule has 0 saturated heterocycles. The number of hydrogen-bond donors (Lipinski definition) is 2. The van der Waals surface area contributed by atoms with Crippen molar-refractivity contribution < 1.29 is 14.3 Å². The standard InChI is InChI=1S/C15H18N2O3/c1-10-5-3-6-12(16-10)15(19)17-11(2)9-13(18)14-7-4-8-20-14/h3-8,11,13,18H,9H2,1-2H3,(H,17,19). The number of amides is 1. The minimum absolute atomic E-state index is 0.190. The Balaban J connectivity index is 1.91. The van der Waals surface area contributed by atoms with E-state index in [9.17, 15) is 9.90 Å². The summed E-state index contributed by atoms with van der Waals surface area (Å²) < 4.78 is 5.13. The summed E-state index contributed by atoms with van der Waals surface area (Å²) in [6, 6.07) is 8.53. The first-order valence-electron chi connectivity index (χ1n) is 6.52. The van der Waals surface area contributed by atoms with Crippen molar-refractivity contribution in [1.82, 2.24) is 10.3 Å². The Morgan fingerprint density at radius 2 is 2.20 bits per heavy atom. The van der Waals surface area contributed by atoms with E-state index < -0.39 is 6.10 Å². The molecule has 0 aliphatic rings. The maximum absolute atomic E-state index is 12.0. The Morgan fingerprint density at radius 1 is 1.40 bits per heavy atom. The van der Waals surface area contributed by atoms with Crippen molar-refractivity contribution in [2.75, 3.05) is 0 Å². The molecule has 2 aromatic heterocycles. The fourth-order valence-corrected chi connectivity index (χ4v) is 1.96. The lowest BCUT2D eigenvalue weighted by molar-refractivity contribution is 0.0898. The number of aromatic nitrogens is 1. The third-order valence-corrected chi connectivity index (χ3v) is 2.95. The molecule has 2 aromatic rings. The molecule has 2 unspecified atom stereocenters. The largest absolute Gasteiger partial charge is 0.467 e. The zero-order valence-corrected chi connectivity index (χ0v) is 11.5. The van der Waals surface area contributed by atoms with Crippen LogP contribution in [0, 0.1) is 6.92 Å². The second kappa shape index (κ2) is 6.34. The Kier molecular flexibility index (Phi) is 4.53. The monoisotopic (exact) mass is 274 g/mol. The number of carbonyl (C=O) groups excluding carboxylic acids is 1. The van der Waals surface area contributed by atoms with Gasteiger partial charge in [-0.15, -0.1) is 0 Å². The molecule has 1 amide bonds. The summed E-state index contributed by atoms with van der Waals surface area (Å²) in [5.41, 5.74) is 1.17. The number of aliphatic hydroxyl groups is 1. The van der Waals surface area contributed by atoms with E-state index >= 15 is 0 Å². The lowest BCUT2D eigenvalue weighted by Crippen LogP contribution is -2.34. The topological polar surface area (TPSA) is 75.4 Å². The number of rotatable bonds is 5. The van der Waals surface area contributed by atoms with Gasteiger partial charge in [0.15, 0.2) is 0 Å². The van der Waals surface area contributed by atoms with Gasteiger partial charge in [0.2, 0.25) is 0 Å². The molecular weight excluding hydrogens is 256 g/mol. The van der Waals surface area contributed by atoms with E-state index in [0.717, 1.165) is 5.69 Å². The number of carbonyl (C=O) groups is 1. The molecule has 0 aliphatic heterocycles. The van der Waals surface area contributed by atoms with Gasteiger partial charge in [-0.25, -0.2) is 4.98 Å². The molecule has 20 heavy (non-hydrogen) atoms. The average Bonchev–Trinajstić information content (AvgIpc) is 2.92. The number of aliphatic hydroxyl groups excluding tert-OH is 1. The Bertz CT molecular complexity index is 566. The second-order valence-corrected chi connectivity index (χ2v) is 4.81. The lowest BCUT2D eigenvalue weighted by atomic mass is 10.1. The SMILES string of the molecule is Cc1cccc(C(=O)NC(C)CC(O)c2ccco2)n1. The third kappa shape index (κ3) is 3.68. The van der Waals surface area contributed by atoms with Gasteiger partial charge in [-0.05, 0) is 38.1 Å². The molecule has 0 radical (unpaired) electrons. The van der Waals surface area contributed by atoms with Crippen LogP contribution in [0.25, 0.3) is 0 Å². The fraction of sp³-hybridized carbons (Fsp3) is 0.333. The number of nitrogens with zero attached hydrogens (tertiary/aromatic N) is 1. The maximum atomic E-state index is 12.0. The van der Waals surface area contributed by atoms with E-state index in [1.807, 2.05) is 19.9 Å². The maximum Gasteiger partial charge on any atom is 0.270 e. The third-order valence-electron chi connectivity index (χ3n) is 2.95. The van der Waals surface area contributed by atoms with Crippen LogP contribution in [-0.2, 0) is 0 Å². The van der Waals surface area contributed by atoms with Crippen molar-refractivity contribution in [1.29, 1.82) is 0 Å². The molecular formula is C15H18N2O3. The van der Waals surface area contributed by atoms with Crippen molar-refractivity contribution >= 4 is 5.91 Å². The van der Waals surface area contributed by atoms with E-state index in [1.165, 1.54) is 6.26 Å². The first-order valence-corrected chi connectivity index (χ1v) is 6.52. The molecule has 5 heteroatoms. The van der Waals surface area contributed by atoms with Crippen molar-refractivity contribution in [3.63, 3.8) is 0 Å². The number of nitrogens with one attached hydrogen (secondary N) is 1. The summed E-state index contributed by atoms with van der Waals surface area (Å²) in [6.45, 7) is 3.67. The minimum atomic E-state index is -0.731. The van der Waals surface area contributed by atoms with Gasteiger partial charge in [-0.1, -0.05) is 6.07 Å². The predicted molar refractivity (Wildman–Crippen MR) is 74.2 cm³/mol. The van der Waals surface area contributed by atoms with Crippen LogP contribution >= 0.6 is 0 Å². The summed E-state index contributed by atoms with van der Waals surface area (Å²) in [5.74, 6) is 0.257. The van der Waals surface area contributed by atoms with Crippen molar-refractivity contribution in [2.45, 2.75) is 32.4 Å². The van der Waals surface area contributed by atoms with Crippen LogP contribution in [0.1, 0.15) is 41.4 Å². The molecule has 0 aromatic carbocycles. The van der Waals surface area contributed by atoms with E-state index in [2.05, 4.69) is 10.3 Å². The fourth-order valence-electron chi connectivity index (χ4n) is 1.96. The number of pyridine rings is 1. The smallest absolute Gasteiger partial charge is 0.270 e. The Labute approximate surface area is 117 Å². The number of hydrogen-bond acceptors (Lipinski definition) is 4. The predicted octanol–water partition coefficient (Wildman–Crippen LogP) is 2.23. The normalized spacial score (nSPS) is 13.8. The van der Waals surface area contributed by atoms with Gasteiger partial charge in [-0.3, -0.25) is 4.79 Å². The van der Waals surface area contributed by atoms with Gasteiger partial charge in [0, 0.05) is 18.2 Å². The molecule has 0 aliphatic carbocycles. The molecule has 2 N–H and O–H groups in total. The number of furan rings is 1. The van der Waals surface area contributed by atoms with Crippen molar-refractivity contribution in [2.24, 2.45) is 0 Å². The highest BCUT2D eigenvalue weighted by Gasteiger charge is 2.17.